The molecule has 0 aromatic heterocycles. The van der Waals surface area contributed by atoms with Gasteiger partial charge in [-0.25, -0.2) is 0 Å². The van der Waals surface area contributed by atoms with Crippen LogP contribution in [0.5, 0.6) is 0 Å². The van der Waals surface area contributed by atoms with Gasteiger partial charge in [0.15, 0.2) is 0 Å². The van der Waals surface area contributed by atoms with Gasteiger partial charge in [0, 0.05) is 12.6 Å². The number of rotatable bonds is 5. The molecule has 11 heavy (non-hydrogen) atoms. The molecule has 1 fully saturated rings. The molecule has 0 bridgehead atoms. The van der Waals surface area contributed by atoms with E-state index in [0.29, 0.717) is 12.1 Å². The van der Waals surface area contributed by atoms with E-state index in [0.717, 1.165) is 18.9 Å². The SMILES string of the molecule is CCOC(CC)C(N)C1CC1. The van der Waals surface area contributed by atoms with Crippen molar-refractivity contribution in [3.63, 3.8) is 0 Å². The zero-order valence-electron chi connectivity index (χ0n) is 7.55. The molecule has 1 rings (SSSR count). The minimum atomic E-state index is 0.292. The molecule has 0 spiro atoms. The third-order valence-corrected chi connectivity index (χ3v) is 2.38. The molecule has 0 saturated heterocycles. The van der Waals surface area contributed by atoms with Gasteiger partial charge in [0.25, 0.3) is 0 Å². The number of hydrogen-bond acceptors (Lipinski definition) is 2. The van der Waals surface area contributed by atoms with E-state index in [-0.39, 0.29) is 0 Å². The summed E-state index contributed by atoms with van der Waals surface area (Å²) in [6.07, 6.45) is 3.97. The Hall–Kier alpha value is -0.0800. The highest BCUT2D eigenvalue weighted by molar-refractivity contribution is 4.88. The first kappa shape index (κ1) is 9.01. The van der Waals surface area contributed by atoms with Crippen LogP contribution in [0.2, 0.25) is 0 Å². The van der Waals surface area contributed by atoms with Crippen molar-refractivity contribution in [3.05, 3.63) is 0 Å². The summed E-state index contributed by atoms with van der Waals surface area (Å²) in [6.45, 7) is 4.96. The largest absolute Gasteiger partial charge is 0.377 e. The topological polar surface area (TPSA) is 35.2 Å². The van der Waals surface area contributed by atoms with E-state index in [1.807, 2.05) is 6.92 Å². The lowest BCUT2D eigenvalue weighted by atomic mass is 10.1. The molecule has 0 aromatic rings. The summed E-state index contributed by atoms with van der Waals surface area (Å²) in [4.78, 5) is 0. The maximum atomic E-state index is 5.99. The Morgan fingerprint density at radius 2 is 2.09 bits per heavy atom. The predicted molar refractivity (Wildman–Crippen MR) is 46.4 cm³/mol. The van der Waals surface area contributed by atoms with Crippen LogP contribution in [0.15, 0.2) is 0 Å². The highest BCUT2D eigenvalue weighted by atomic mass is 16.5. The van der Waals surface area contributed by atoms with Crippen LogP contribution in [-0.2, 0) is 4.74 Å². The molecule has 2 unspecified atom stereocenters. The van der Waals surface area contributed by atoms with Crippen molar-refractivity contribution in [2.24, 2.45) is 11.7 Å². The second kappa shape index (κ2) is 4.07. The van der Waals surface area contributed by atoms with Crippen LogP contribution in [0.3, 0.4) is 0 Å². The van der Waals surface area contributed by atoms with Gasteiger partial charge in [-0.1, -0.05) is 6.92 Å². The maximum absolute atomic E-state index is 5.99. The predicted octanol–water partition coefficient (Wildman–Crippen LogP) is 1.54. The Labute approximate surface area is 69.1 Å². The van der Waals surface area contributed by atoms with Crippen molar-refractivity contribution in [3.8, 4) is 0 Å². The van der Waals surface area contributed by atoms with Crippen molar-refractivity contribution in [2.45, 2.75) is 45.3 Å². The minimum absolute atomic E-state index is 0.292. The van der Waals surface area contributed by atoms with Crippen LogP contribution < -0.4 is 5.73 Å². The molecule has 0 heterocycles. The molecular weight excluding hydrogens is 138 g/mol. The lowest BCUT2D eigenvalue weighted by Gasteiger charge is -2.21. The monoisotopic (exact) mass is 157 g/mol. The second-order valence-corrected chi connectivity index (χ2v) is 3.32. The molecule has 0 amide bonds. The van der Waals surface area contributed by atoms with Crippen molar-refractivity contribution in [1.29, 1.82) is 0 Å². The van der Waals surface area contributed by atoms with Crippen molar-refractivity contribution < 1.29 is 4.74 Å². The van der Waals surface area contributed by atoms with Gasteiger partial charge in [-0.05, 0) is 32.1 Å². The van der Waals surface area contributed by atoms with Crippen molar-refractivity contribution in [2.75, 3.05) is 6.61 Å². The van der Waals surface area contributed by atoms with Crippen LogP contribution in [0.25, 0.3) is 0 Å². The standard InChI is InChI=1S/C9H19NO/c1-3-8(11-4-2)9(10)7-5-6-7/h7-9H,3-6,10H2,1-2H3. The van der Waals surface area contributed by atoms with Gasteiger partial charge in [-0.2, -0.15) is 0 Å². The Balaban J connectivity index is 2.26. The summed E-state index contributed by atoms with van der Waals surface area (Å²) in [5.41, 5.74) is 5.99. The number of hydrogen-bond donors (Lipinski definition) is 1. The van der Waals surface area contributed by atoms with Gasteiger partial charge in [-0.3, -0.25) is 0 Å². The smallest absolute Gasteiger partial charge is 0.0725 e. The Morgan fingerprint density at radius 3 is 2.45 bits per heavy atom. The van der Waals surface area contributed by atoms with Gasteiger partial charge in [-0.15, -0.1) is 0 Å². The Morgan fingerprint density at radius 1 is 1.45 bits per heavy atom. The van der Waals surface area contributed by atoms with Gasteiger partial charge in [0.2, 0.25) is 0 Å². The van der Waals surface area contributed by atoms with Gasteiger partial charge < -0.3 is 10.5 Å². The fourth-order valence-electron chi connectivity index (χ4n) is 1.50. The summed E-state index contributed by atoms with van der Waals surface area (Å²) in [6, 6.07) is 0.292. The van der Waals surface area contributed by atoms with Gasteiger partial charge >= 0.3 is 0 Å². The first-order valence-corrected chi connectivity index (χ1v) is 4.66. The highest BCUT2D eigenvalue weighted by Gasteiger charge is 2.33. The molecule has 2 nitrogen and oxygen atoms in total. The Kier molecular flexibility index (Phi) is 3.34. The number of ether oxygens (including phenoxy) is 1. The molecule has 66 valence electrons. The Bertz CT molecular complexity index is 112. The molecule has 2 N–H and O–H groups in total. The van der Waals surface area contributed by atoms with E-state index >= 15 is 0 Å². The van der Waals surface area contributed by atoms with E-state index < -0.39 is 0 Å². The average molecular weight is 157 g/mol. The summed E-state index contributed by atoms with van der Waals surface area (Å²) in [5, 5.41) is 0. The molecule has 1 saturated carbocycles. The van der Waals surface area contributed by atoms with E-state index in [4.69, 9.17) is 10.5 Å². The van der Waals surface area contributed by atoms with Crippen LogP contribution in [-0.4, -0.2) is 18.8 Å². The molecule has 0 aliphatic heterocycles. The highest BCUT2D eigenvalue weighted by Crippen LogP contribution is 2.34. The summed E-state index contributed by atoms with van der Waals surface area (Å²) >= 11 is 0. The fraction of sp³-hybridized carbons (Fsp3) is 1.00. The van der Waals surface area contributed by atoms with Crippen LogP contribution in [0.1, 0.15) is 33.1 Å². The average Bonchev–Trinajstić information content (AvgIpc) is 2.81. The molecular formula is C9H19NO. The minimum Gasteiger partial charge on any atom is -0.377 e. The van der Waals surface area contributed by atoms with E-state index in [9.17, 15) is 0 Å². The zero-order chi connectivity index (χ0) is 8.27. The quantitative estimate of drug-likeness (QED) is 0.657. The molecule has 2 atom stereocenters. The third-order valence-electron chi connectivity index (χ3n) is 2.38. The van der Waals surface area contributed by atoms with Crippen molar-refractivity contribution in [1.82, 2.24) is 0 Å². The third kappa shape index (κ3) is 2.46. The normalized spacial score (nSPS) is 23.2. The van der Waals surface area contributed by atoms with Gasteiger partial charge in [0.1, 0.15) is 0 Å². The molecule has 2 heteroatoms. The van der Waals surface area contributed by atoms with Gasteiger partial charge in [0.05, 0.1) is 6.10 Å². The van der Waals surface area contributed by atoms with Crippen molar-refractivity contribution >= 4 is 0 Å². The second-order valence-electron chi connectivity index (χ2n) is 3.32. The molecule has 1 aliphatic rings. The van der Waals surface area contributed by atoms with Crippen LogP contribution in [0, 0.1) is 5.92 Å². The van der Waals surface area contributed by atoms with E-state index in [1.54, 1.807) is 0 Å². The van der Waals surface area contributed by atoms with Crippen LogP contribution >= 0.6 is 0 Å². The maximum Gasteiger partial charge on any atom is 0.0725 e. The fourth-order valence-corrected chi connectivity index (χ4v) is 1.50. The number of nitrogens with two attached hydrogens (primary N) is 1. The first-order valence-electron chi connectivity index (χ1n) is 4.66. The molecule has 0 radical (unpaired) electrons. The molecule has 1 aliphatic carbocycles. The van der Waals surface area contributed by atoms with E-state index in [2.05, 4.69) is 6.92 Å². The lowest BCUT2D eigenvalue weighted by Crippen LogP contribution is -2.38. The zero-order valence-corrected chi connectivity index (χ0v) is 7.55. The van der Waals surface area contributed by atoms with Crippen LogP contribution in [0.4, 0.5) is 0 Å². The lowest BCUT2D eigenvalue weighted by molar-refractivity contribution is 0.0365. The molecule has 0 aromatic carbocycles. The summed E-state index contributed by atoms with van der Waals surface area (Å²) in [7, 11) is 0. The van der Waals surface area contributed by atoms with E-state index in [1.165, 1.54) is 12.8 Å². The first-order chi connectivity index (χ1) is 5.29. The summed E-state index contributed by atoms with van der Waals surface area (Å²) in [5.74, 6) is 0.756. The summed E-state index contributed by atoms with van der Waals surface area (Å²) < 4.78 is 5.53.